The Kier molecular flexibility index (Phi) is 7.14. The van der Waals surface area contributed by atoms with Crippen LogP contribution in [0.4, 0.5) is 0 Å². The van der Waals surface area contributed by atoms with E-state index in [2.05, 4.69) is 37.4 Å². The molecule has 4 rings (SSSR count). The number of thiophene rings is 1. The molecule has 0 spiro atoms. The molecule has 2 heterocycles. The van der Waals surface area contributed by atoms with Crippen LogP contribution < -0.4 is 10.1 Å². The maximum Gasteiger partial charge on any atom is 0.264 e. The standard InChI is InChI=1S/C27H30N2O3S/c1-18(2)17-28-26(30)19(3)32-22-12-11-20-13-14-29(27(31)24-10-7-15-33-24)25(23(20)16-22)21-8-5-4-6-9-21/h4-12,15-16,18-19,25H,13-14,17H2,1-3H3,(H,28,30). The number of nitrogens with zero attached hydrogens (tertiary/aromatic N) is 1. The van der Waals surface area contributed by atoms with Crippen molar-refractivity contribution >= 4 is 23.2 Å². The van der Waals surface area contributed by atoms with E-state index in [1.54, 1.807) is 6.92 Å². The van der Waals surface area contributed by atoms with E-state index in [0.29, 0.717) is 24.8 Å². The summed E-state index contributed by atoms with van der Waals surface area (Å²) in [5, 5.41) is 4.85. The first-order valence-corrected chi connectivity index (χ1v) is 12.3. The van der Waals surface area contributed by atoms with E-state index in [0.717, 1.165) is 22.4 Å². The van der Waals surface area contributed by atoms with Crippen molar-refractivity contribution in [2.45, 2.75) is 39.3 Å². The van der Waals surface area contributed by atoms with Gasteiger partial charge in [-0.3, -0.25) is 9.59 Å². The Bertz CT molecular complexity index is 1100. The fourth-order valence-electron chi connectivity index (χ4n) is 4.13. The topological polar surface area (TPSA) is 58.6 Å². The second-order valence-corrected chi connectivity index (χ2v) is 9.75. The zero-order valence-electron chi connectivity index (χ0n) is 19.3. The van der Waals surface area contributed by atoms with Gasteiger partial charge in [0, 0.05) is 13.1 Å². The van der Waals surface area contributed by atoms with Gasteiger partial charge in [-0.1, -0.05) is 56.3 Å². The molecule has 2 atom stereocenters. The fourth-order valence-corrected chi connectivity index (χ4v) is 4.81. The molecule has 1 aliphatic rings. The van der Waals surface area contributed by atoms with Gasteiger partial charge in [0.25, 0.3) is 11.8 Å². The first kappa shape index (κ1) is 23.1. The summed E-state index contributed by atoms with van der Waals surface area (Å²) in [5.74, 6) is 0.920. The molecule has 1 aliphatic heterocycles. The first-order valence-electron chi connectivity index (χ1n) is 11.4. The molecule has 1 N–H and O–H groups in total. The maximum absolute atomic E-state index is 13.4. The van der Waals surface area contributed by atoms with Crippen LogP contribution in [0.25, 0.3) is 0 Å². The molecule has 0 radical (unpaired) electrons. The number of hydrogen-bond donors (Lipinski definition) is 1. The largest absolute Gasteiger partial charge is 0.481 e. The summed E-state index contributed by atoms with van der Waals surface area (Å²) in [5.41, 5.74) is 3.30. The van der Waals surface area contributed by atoms with E-state index in [9.17, 15) is 9.59 Å². The maximum atomic E-state index is 13.4. The minimum atomic E-state index is -0.607. The third-order valence-corrected chi connectivity index (χ3v) is 6.68. The number of hydrogen-bond acceptors (Lipinski definition) is 4. The van der Waals surface area contributed by atoms with Crippen LogP contribution in [0.15, 0.2) is 66.0 Å². The van der Waals surface area contributed by atoms with E-state index < -0.39 is 6.10 Å². The molecular weight excluding hydrogens is 432 g/mol. The van der Waals surface area contributed by atoms with Crippen molar-refractivity contribution in [3.8, 4) is 5.75 Å². The summed E-state index contributed by atoms with van der Waals surface area (Å²) in [4.78, 5) is 28.5. The Balaban J connectivity index is 1.64. The van der Waals surface area contributed by atoms with Crippen molar-refractivity contribution in [2.24, 2.45) is 5.92 Å². The van der Waals surface area contributed by atoms with Crippen LogP contribution in [-0.4, -0.2) is 35.9 Å². The van der Waals surface area contributed by atoms with Gasteiger partial charge in [0.15, 0.2) is 6.10 Å². The van der Waals surface area contributed by atoms with Crippen LogP contribution in [0.3, 0.4) is 0 Å². The highest BCUT2D eigenvalue weighted by molar-refractivity contribution is 7.12. The van der Waals surface area contributed by atoms with Gasteiger partial charge in [-0.15, -0.1) is 11.3 Å². The fraction of sp³-hybridized carbons (Fsp3) is 0.333. The highest BCUT2D eigenvalue weighted by atomic mass is 32.1. The molecule has 0 bridgehead atoms. The zero-order valence-corrected chi connectivity index (χ0v) is 20.1. The molecule has 3 aromatic rings. The molecule has 0 saturated carbocycles. The van der Waals surface area contributed by atoms with Gasteiger partial charge >= 0.3 is 0 Å². The predicted molar refractivity (Wildman–Crippen MR) is 132 cm³/mol. The smallest absolute Gasteiger partial charge is 0.264 e. The monoisotopic (exact) mass is 462 g/mol. The van der Waals surface area contributed by atoms with Crippen molar-refractivity contribution in [3.63, 3.8) is 0 Å². The van der Waals surface area contributed by atoms with Gasteiger partial charge in [0.1, 0.15) is 5.75 Å². The molecule has 33 heavy (non-hydrogen) atoms. The lowest BCUT2D eigenvalue weighted by molar-refractivity contribution is -0.127. The van der Waals surface area contributed by atoms with Crippen LogP contribution in [0.1, 0.15) is 53.2 Å². The molecule has 6 heteroatoms. The van der Waals surface area contributed by atoms with Crippen LogP contribution in [0.5, 0.6) is 5.75 Å². The lowest BCUT2D eigenvalue weighted by atomic mass is 9.87. The predicted octanol–water partition coefficient (Wildman–Crippen LogP) is 5.08. The molecule has 2 unspecified atom stereocenters. The Labute approximate surface area is 199 Å². The summed E-state index contributed by atoms with van der Waals surface area (Å²) in [6.45, 7) is 7.14. The molecular formula is C27H30N2O3S. The van der Waals surface area contributed by atoms with E-state index in [1.807, 2.05) is 52.7 Å². The number of nitrogens with one attached hydrogen (secondary N) is 1. The number of ether oxygens (including phenoxy) is 1. The number of rotatable bonds is 7. The first-order chi connectivity index (χ1) is 15.9. The van der Waals surface area contributed by atoms with Crippen molar-refractivity contribution in [1.82, 2.24) is 10.2 Å². The number of benzene rings is 2. The van der Waals surface area contributed by atoms with Crippen molar-refractivity contribution < 1.29 is 14.3 Å². The van der Waals surface area contributed by atoms with Crippen molar-refractivity contribution in [3.05, 3.63) is 87.6 Å². The Morgan fingerprint density at radius 2 is 1.88 bits per heavy atom. The highest BCUT2D eigenvalue weighted by Crippen LogP contribution is 2.38. The minimum Gasteiger partial charge on any atom is -0.481 e. The van der Waals surface area contributed by atoms with Gasteiger partial charge in [0.2, 0.25) is 0 Å². The molecule has 5 nitrogen and oxygen atoms in total. The van der Waals surface area contributed by atoms with Crippen LogP contribution in [0, 0.1) is 5.92 Å². The van der Waals surface area contributed by atoms with E-state index >= 15 is 0 Å². The van der Waals surface area contributed by atoms with E-state index in [1.165, 1.54) is 16.9 Å². The molecule has 2 amide bonds. The van der Waals surface area contributed by atoms with E-state index in [-0.39, 0.29) is 17.9 Å². The van der Waals surface area contributed by atoms with Gasteiger partial charge in [0.05, 0.1) is 10.9 Å². The number of carbonyl (C=O) groups is 2. The van der Waals surface area contributed by atoms with Crippen molar-refractivity contribution in [1.29, 1.82) is 0 Å². The quantitative estimate of drug-likeness (QED) is 0.533. The van der Waals surface area contributed by atoms with Gasteiger partial charge in [-0.25, -0.2) is 0 Å². The van der Waals surface area contributed by atoms with Gasteiger partial charge in [-0.2, -0.15) is 0 Å². The molecule has 0 saturated heterocycles. The molecule has 2 aromatic carbocycles. The van der Waals surface area contributed by atoms with Gasteiger partial charge in [-0.05, 0) is 59.5 Å². The third kappa shape index (κ3) is 5.28. The average Bonchev–Trinajstić information content (AvgIpc) is 3.36. The number of amides is 2. The number of carbonyl (C=O) groups excluding carboxylic acids is 2. The summed E-state index contributed by atoms with van der Waals surface area (Å²) >= 11 is 1.46. The van der Waals surface area contributed by atoms with Crippen LogP contribution in [-0.2, 0) is 11.2 Å². The molecule has 172 valence electrons. The average molecular weight is 463 g/mol. The Morgan fingerprint density at radius 1 is 1.09 bits per heavy atom. The third-order valence-electron chi connectivity index (χ3n) is 5.82. The molecule has 1 aromatic heterocycles. The van der Waals surface area contributed by atoms with Crippen molar-refractivity contribution in [2.75, 3.05) is 13.1 Å². The van der Waals surface area contributed by atoms with Gasteiger partial charge < -0.3 is 15.0 Å². The van der Waals surface area contributed by atoms with Crippen LogP contribution in [0.2, 0.25) is 0 Å². The normalized spacial score (nSPS) is 16.2. The lowest BCUT2D eigenvalue weighted by Crippen LogP contribution is -2.40. The SMILES string of the molecule is CC(C)CNC(=O)C(C)Oc1ccc2c(c1)C(c1ccccc1)N(C(=O)c1cccs1)CC2. The summed E-state index contributed by atoms with van der Waals surface area (Å²) in [6, 6.07) is 19.6. The second kappa shape index (κ2) is 10.2. The summed E-state index contributed by atoms with van der Waals surface area (Å²) < 4.78 is 6.01. The highest BCUT2D eigenvalue weighted by Gasteiger charge is 2.33. The second-order valence-electron chi connectivity index (χ2n) is 8.80. The molecule has 0 aliphatic carbocycles. The Morgan fingerprint density at radius 3 is 2.58 bits per heavy atom. The van der Waals surface area contributed by atoms with E-state index in [4.69, 9.17) is 4.74 Å². The summed E-state index contributed by atoms with van der Waals surface area (Å²) in [6.07, 6.45) is 0.171. The van der Waals surface area contributed by atoms with Crippen LogP contribution >= 0.6 is 11.3 Å². The zero-order chi connectivity index (χ0) is 23.4. The Hall–Kier alpha value is -3.12. The number of fused-ring (bicyclic) bond motifs is 1. The minimum absolute atomic E-state index is 0.0391. The lowest BCUT2D eigenvalue weighted by Gasteiger charge is -2.38. The molecule has 0 fully saturated rings. The summed E-state index contributed by atoms with van der Waals surface area (Å²) in [7, 11) is 0.